The third-order valence-electron chi connectivity index (χ3n) is 1.18. The zero-order valence-corrected chi connectivity index (χ0v) is 7.94. The molecule has 0 saturated heterocycles. The lowest BCUT2D eigenvalue weighted by Gasteiger charge is -2.10. The summed E-state index contributed by atoms with van der Waals surface area (Å²) in [6.07, 6.45) is -0.863. The lowest BCUT2D eigenvalue weighted by Crippen LogP contribution is -2.42. The molecule has 0 aliphatic rings. The van der Waals surface area contributed by atoms with Gasteiger partial charge in [0.25, 0.3) is 0 Å². The summed E-state index contributed by atoms with van der Waals surface area (Å²) in [7, 11) is -3.38. The van der Waals surface area contributed by atoms with E-state index in [0.29, 0.717) is 0 Å². The normalized spacial score (nSPS) is 13.5. The molecule has 0 fully saturated rings. The van der Waals surface area contributed by atoms with Crippen molar-refractivity contribution in [3.8, 4) is 0 Å². The van der Waals surface area contributed by atoms with E-state index in [1.165, 1.54) is 0 Å². The van der Waals surface area contributed by atoms with E-state index in [1.54, 1.807) is 4.72 Å². The summed E-state index contributed by atoms with van der Waals surface area (Å²) in [5, 5.41) is 16.7. The van der Waals surface area contributed by atoms with Gasteiger partial charge in [0.2, 0.25) is 0 Å². The highest BCUT2D eigenvalue weighted by Crippen LogP contribution is 1.96. The highest BCUT2D eigenvalue weighted by molar-refractivity contribution is 7.84. The lowest BCUT2D eigenvalue weighted by atomic mass is 10.2. The first-order valence-electron chi connectivity index (χ1n) is 3.31. The molecule has 0 saturated carbocycles. The van der Waals surface area contributed by atoms with Crippen molar-refractivity contribution < 1.29 is 32.4 Å². The molecule has 0 aliphatic heterocycles. The standard InChI is InChI=1S/C5H9NO7S/c1-13-14(11,12)6-3(5(9)10)2-4(7)8/h3,6H,2H2,1H3,(H,7,8)(H,9,10)/t3-/m0/s1. The maximum absolute atomic E-state index is 10.7. The van der Waals surface area contributed by atoms with Gasteiger partial charge >= 0.3 is 22.2 Å². The van der Waals surface area contributed by atoms with Crippen LogP contribution in [-0.2, 0) is 24.1 Å². The van der Waals surface area contributed by atoms with Gasteiger partial charge in [0, 0.05) is 0 Å². The molecule has 0 aromatic carbocycles. The van der Waals surface area contributed by atoms with Crippen molar-refractivity contribution in [3.63, 3.8) is 0 Å². The zero-order valence-electron chi connectivity index (χ0n) is 7.13. The molecule has 14 heavy (non-hydrogen) atoms. The molecule has 8 nitrogen and oxygen atoms in total. The van der Waals surface area contributed by atoms with E-state index in [-0.39, 0.29) is 0 Å². The highest BCUT2D eigenvalue weighted by atomic mass is 32.2. The monoisotopic (exact) mass is 227 g/mol. The Morgan fingerprint density at radius 3 is 2.21 bits per heavy atom. The van der Waals surface area contributed by atoms with Gasteiger partial charge in [0.15, 0.2) is 0 Å². The predicted molar refractivity (Wildman–Crippen MR) is 42.7 cm³/mol. The van der Waals surface area contributed by atoms with Crippen LogP contribution in [0.2, 0.25) is 0 Å². The summed E-state index contributed by atoms with van der Waals surface area (Å²) in [6.45, 7) is 0. The number of carbonyl (C=O) groups is 2. The summed E-state index contributed by atoms with van der Waals surface area (Å²) < 4.78 is 26.9. The van der Waals surface area contributed by atoms with Crippen LogP contribution in [0.5, 0.6) is 0 Å². The van der Waals surface area contributed by atoms with Crippen LogP contribution in [0.1, 0.15) is 6.42 Å². The molecule has 3 N–H and O–H groups in total. The first-order valence-corrected chi connectivity index (χ1v) is 4.72. The highest BCUT2D eigenvalue weighted by Gasteiger charge is 2.26. The van der Waals surface area contributed by atoms with Crippen LogP contribution >= 0.6 is 0 Å². The van der Waals surface area contributed by atoms with Crippen LogP contribution in [0.25, 0.3) is 0 Å². The third kappa shape index (κ3) is 4.74. The second-order valence-corrected chi connectivity index (χ2v) is 3.70. The minimum atomic E-state index is -4.20. The van der Waals surface area contributed by atoms with Crippen molar-refractivity contribution in [1.29, 1.82) is 0 Å². The van der Waals surface area contributed by atoms with Crippen molar-refractivity contribution in [2.75, 3.05) is 7.11 Å². The second kappa shape index (κ2) is 4.88. The molecule has 0 unspecified atom stereocenters. The zero-order chi connectivity index (χ0) is 11.4. The molecule has 9 heteroatoms. The van der Waals surface area contributed by atoms with E-state index in [9.17, 15) is 18.0 Å². The van der Waals surface area contributed by atoms with Gasteiger partial charge in [-0.2, -0.15) is 13.1 Å². The molecule has 82 valence electrons. The minimum Gasteiger partial charge on any atom is -0.481 e. The summed E-state index contributed by atoms with van der Waals surface area (Å²) in [5.74, 6) is -3.02. The molecule has 0 bridgehead atoms. The van der Waals surface area contributed by atoms with Crippen LogP contribution in [0.3, 0.4) is 0 Å². The Bertz CT molecular complexity index is 321. The van der Waals surface area contributed by atoms with Gasteiger partial charge in [-0.3, -0.25) is 13.8 Å². The average molecular weight is 227 g/mol. The van der Waals surface area contributed by atoms with E-state index < -0.39 is 34.7 Å². The average Bonchev–Trinajstić information content (AvgIpc) is 2.02. The van der Waals surface area contributed by atoms with Crippen molar-refractivity contribution in [3.05, 3.63) is 0 Å². The molecule has 0 aromatic heterocycles. The van der Waals surface area contributed by atoms with Crippen LogP contribution in [0, 0.1) is 0 Å². The van der Waals surface area contributed by atoms with Gasteiger partial charge in [-0.1, -0.05) is 0 Å². The van der Waals surface area contributed by atoms with Gasteiger partial charge in [0.1, 0.15) is 6.04 Å². The first-order chi connectivity index (χ1) is 6.28. The quantitative estimate of drug-likeness (QED) is 0.497. The maximum Gasteiger partial charge on any atom is 0.336 e. The van der Waals surface area contributed by atoms with Crippen molar-refractivity contribution in [2.45, 2.75) is 12.5 Å². The Morgan fingerprint density at radius 2 is 1.93 bits per heavy atom. The van der Waals surface area contributed by atoms with Gasteiger partial charge < -0.3 is 10.2 Å². The molecule has 0 rings (SSSR count). The van der Waals surface area contributed by atoms with Crippen molar-refractivity contribution >= 4 is 22.2 Å². The first kappa shape index (κ1) is 12.8. The third-order valence-corrected chi connectivity index (χ3v) is 2.19. The fourth-order valence-corrected chi connectivity index (χ4v) is 1.21. The molecule has 0 radical (unpaired) electrons. The largest absolute Gasteiger partial charge is 0.481 e. The summed E-state index contributed by atoms with van der Waals surface area (Å²) in [6, 6.07) is -1.74. The van der Waals surface area contributed by atoms with Crippen LogP contribution in [-0.4, -0.2) is 43.7 Å². The lowest BCUT2D eigenvalue weighted by molar-refractivity contribution is -0.145. The Labute approximate surface area is 79.7 Å². The smallest absolute Gasteiger partial charge is 0.336 e. The van der Waals surface area contributed by atoms with E-state index in [1.807, 2.05) is 0 Å². The number of nitrogens with one attached hydrogen (secondary N) is 1. The van der Waals surface area contributed by atoms with E-state index in [0.717, 1.165) is 7.11 Å². The molecule has 0 heterocycles. The number of rotatable bonds is 6. The van der Waals surface area contributed by atoms with Gasteiger partial charge in [-0.25, -0.2) is 0 Å². The fraction of sp³-hybridized carbons (Fsp3) is 0.600. The molecule has 0 aliphatic carbocycles. The Morgan fingerprint density at radius 1 is 1.43 bits per heavy atom. The molecular weight excluding hydrogens is 218 g/mol. The number of carboxylic acids is 2. The Balaban J connectivity index is 4.54. The number of hydrogen-bond donors (Lipinski definition) is 3. The molecule has 0 spiro atoms. The second-order valence-electron chi connectivity index (χ2n) is 2.23. The topological polar surface area (TPSA) is 130 Å². The molecule has 0 amide bonds. The van der Waals surface area contributed by atoms with Crippen molar-refractivity contribution in [1.82, 2.24) is 4.72 Å². The van der Waals surface area contributed by atoms with E-state index >= 15 is 0 Å². The molecule has 1 atom stereocenters. The van der Waals surface area contributed by atoms with Crippen LogP contribution in [0.4, 0.5) is 0 Å². The SMILES string of the molecule is COS(=O)(=O)N[C@@H](CC(=O)O)C(=O)O. The summed E-state index contributed by atoms with van der Waals surface area (Å²) in [5.41, 5.74) is 0. The molecular formula is C5H9NO7S. The van der Waals surface area contributed by atoms with Crippen LogP contribution < -0.4 is 4.72 Å². The number of aliphatic carboxylic acids is 2. The molecule has 0 aromatic rings. The van der Waals surface area contributed by atoms with Crippen molar-refractivity contribution in [2.24, 2.45) is 0 Å². The Hall–Kier alpha value is -1.19. The fourth-order valence-electron chi connectivity index (χ4n) is 0.576. The van der Waals surface area contributed by atoms with E-state index in [4.69, 9.17) is 10.2 Å². The number of carboxylic acid groups (broad SMARTS) is 2. The van der Waals surface area contributed by atoms with Gasteiger partial charge in [0.05, 0.1) is 13.5 Å². The Kier molecular flexibility index (Phi) is 4.47. The van der Waals surface area contributed by atoms with Gasteiger partial charge in [-0.15, -0.1) is 0 Å². The number of hydrogen-bond acceptors (Lipinski definition) is 5. The summed E-state index contributed by atoms with van der Waals surface area (Å²) >= 11 is 0. The van der Waals surface area contributed by atoms with E-state index in [2.05, 4.69) is 4.18 Å². The van der Waals surface area contributed by atoms with Gasteiger partial charge in [-0.05, 0) is 0 Å². The maximum atomic E-state index is 10.7. The minimum absolute atomic E-state index is 0.821. The van der Waals surface area contributed by atoms with Crippen LogP contribution in [0.15, 0.2) is 0 Å². The predicted octanol–water partition coefficient (Wildman–Crippen LogP) is -1.60. The summed E-state index contributed by atoms with van der Waals surface area (Å²) in [4.78, 5) is 20.5.